The molecule has 0 aliphatic carbocycles. The van der Waals surface area contributed by atoms with Crippen LogP contribution in [0.2, 0.25) is 0 Å². The first-order chi connectivity index (χ1) is 9.11. The van der Waals surface area contributed by atoms with Gasteiger partial charge in [0.1, 0.15) is 0 Å². The molecule has 0 saturated carbocycles. The number of anilines is 1. The summed E-state index contributed by atoms with van der Waals surface area (Å²) in [6.45, 7) is 2.58. The second kappa shape index (κ2) is 6.16. The summed E-state index contributed by atoms with van der Waals surface area (Å²) in [6, 6.07) is 7.45. The van der Waals surface area contributed by atoms with Crippen molar-refractivity contribution in [2.24, 2.45) is 5.92 Å². The number of benzene rings is 1. The molecule has 1 aromatic rings. The highest BCUT2D eigenvalue weighted by atomic mass is 79.9. The lowest BCUT2D eigenvalue weighted by Gasteiger charge is -2.16. The number of rotatable bonds is 4. The van der Waals surface area contributed by atoms with Crippen LogP contribution in [0, 0.1) is 5.92 Å². The van der Waals surface area contributed by atoms with Gasteiger partial charge in [-0.1, -0.05) is 15.9 Å². The van der Waals surface area contributed by atoms with Crippen LogP contribution in [0.3, 0.4) is 0 Å². The normalized spacial score (nSPS) is 18.7. The van der Waals surface area contributed by atoms with Gasteiger partial charge in [0.2, 0.25) is 11.8 Å². The summed E-state index contributed by atoms with van der Waals surface area (Å²) in [6.07, 6.45) is 0.217. The summed E-state index contributed by atoms with van der Waals surface area (Å²) in [5, 5.41) is 0. The largest absolute Gasteiger partial charge is 0.312 e. The van der Waals surface area contributed by atoms with Crippen LogP contribution in [-0.2, 0) is 14.4 Å². The van der Waals surface area contributed by atoms with Gasteiger partial charge in [-0.3, -0.25) is 14.4 Å². The van der Waals surface area contributed by atoms with Gasteiger partial charge in [0.25, 0.3) is 0 Å². The topological polar surface area (TPSA) is 58.6 Å². The lowest BCUT2D eigenvalue weighted by Crippen LogP contribution is -2.33. The Balaban J connectivity index is 2.03. The third kappa shape index (κ3) is 3.33. The zero-order chi connectivity index (χ0) is 13.8. The molecular formula is C13H15BrN2O3. The minimum atomic E-state index is -0.359. The zero-order valence-electron chi connectivity index (χ0n) is 10.6. The minimum Gasteiger partial charge on any atom is -0.312 e. The molecule has 2 amide bonds. The van der Waals surface area contributed by atoms with Gasteiger partial charge in [-0.25, -0.2) is 5.48 Å². The first-order valence-corrected chi connectivity index (χ1v) is 6.88. The van der Waals surface area contributed by atoms with Gasteiger partial charge in [-0.2, -0.15) is 0 Å². The average molecular weight is 327 g/mol. The molecule has 1 aliphatic rings. The smallest absolute Gasteiger partial charge is 0.248 e. The van der Waals surface area contributed by atoms with E-state index in [9.17, 15) is 9.59 Å². The first kappa shape index (κ1) is 14.0. The maximum Gasteiger partial charge on any atom is 0.248 e. The van der Waals surface area contributed by atoms with Gasteiger partial charge in [-0.05, 0) is 31.2 Å². The van der Waals surface area contributed by atoms with Crippen LogP contribution in [0.25, 0.3) is 0 Å². The summed E-state index contributed by atoms with van der Waals surface area (Å²) in [5.74, 6) is -0.642. The molecular weight excluding hydrogens is 312 g/mol. The maximum absolute atomic E-state index is 11.9. The number of halogens is 1. The van der Waals surface area contributed by atoms with E-state index in [0.717, 1.165) is 10.2 Å². The van der Waals surface area contributed by atoms with E-state index in [2.05, 4.69) is 21.4 Å². The van der Waals surface area contributed by atoms with Crippen molar-refractivity contribution in [3.8, 4) is 0 Å². The van der Waals surface area contributed by atoms with Crippen molar-refractivity contribution in [2.75, 3.05) is 18.1 Å². The Hall–Kier alpha value is -1.40. The Kier molecular flexibility index (Phi) is 4.55. The Labute approximate surface area is 120 Å². The molecule has 1 fully saturated rings. The second-order valence-corrected chi connectivity index (χ2v) is 5.20. The van der Waals surface area contributed by atoms with E-state index in [0.29, 0.717) is 13.2 Å². The average Bonchev–Trinajstić information content (AvgIpc) is 2.79. The van der Waals surface area contributed by atoms with Crippen LogP contribution in [-0.4, -0.2) is 25.0 Å². The van der Waals surface area contributed by atoms with E-state index in [4.69, 9.17) is 4.84 Å². The van der Waals surface area contributed by atoms with Gasteiger partial charge in [-0.15, -0.1) is 0 Å². The number of hydrogen-bond acceptors (Lipinski definition) is 3. The van der Waals surface area contributed by atoms with E-state index in [1.807, 2.05) is 24.3 Å². The monoisotopic (exact) mass is 326 g/mol. The summed E-state index contributed by atoms with van der Waals surface area (Å²) >= 11 is 3.35. The second-order valence-electron chi connectivity index (χ2n) is 4.28. The predicted molar refractivity (Wildman–Crippen MR) is 74.4 cm³/mol. The molecule has 1 unspecified atom stereocenters. The third-order valence-electron chi connectivity index (χ3n) is 2.95. The Morgan fingerprint density at radius 3 is 2.79 bits per heavy atom. The number of nitrogens with one attached hydrogen (secondary N) is 1. The van der Waals surface area contributed by atoms with Crippen molar-refractivity contribution in [3.05, 3.63) is 28.7 Å². The Bertz CT molecular complexity index is 475. The highest BCUT2D eigenvalue weighted by molar-refractivity contribution is 9.10. The third-order valence-corrected chi connectivity index (χ3v) is 3.48. The van der Waals surface area contributed by atoms with E-state index in [1.54, 1.807) is 11.8 Å². The minimum absolute atomic E-state index is 0.0426. The van der Waals surface area contributed by atoms with Gasteiger partial charge >= 0.3 is 0 Å². The van der Waals surface area contributed by atoms with Crippen LogP contribution in [0.4, 0.5) is 5.69 Å². The molecule has 1 atom stereocenters. The van der Waals surface area contributed by atoms with Crippen LogP contribution >= 0.6 is 15.9 Å². The fraction of sp³-hybridized carbons (Fsp3) is 0.385. The molecule has 2 rings (SSSR count). The van der Waals surface area contributed by atoms with Gasteiger partial charge < -0.3 is 4.90 Å². The molecule has 0 bridgehead atoms. The van der Waals surface area contributed by atoms with Crippen molar-refractivity contribution in [1.82, 2.24) is 5.48 Å². The molecule has 1 aromatic carbocycles. The van der Waals surface area contributed by atoms with Crippen molar-refractivity contribution in [2.45, 2.75) is 13.3 Å². The molecule has 0 aromatic heterocycles. The fourth-order valence-electron chi connectivity index (χ4n) is 1.98. The summed E-state index contributed by atoms with van der Waals surface area (Å²) in [4.78, 5) is 30.2. The molecule has 6 heteroatoms. The molecule has 1 saturated heterocycles. The summed E-state index contributed by atoms with van der Waals surface area (Å²) in [7, 11) is 0. The van der Waals surface area contributed by atoms with E-state index >= 15 is 0 Å². The van der Waals surface area contributed by atoms with Crippen LogP contribution in [0.1, 0.15) is 13.3 Å². The quantitative estimate of drug-likeness (QED) is 0.859. The molecule has 102 valence electrons. The molecule has 1 aliphatic heterocycles. The molecule has 19 heavy (non-hydrogen) atoms. The highest BCUT2D eigenvalue weighted by Gasteiger charge is 2.35. The lowest BCUT2D eigenvalue weighted by atomic mass is 10.1. The van der Waals surface area contributed by atoms with E-state index in [1.165, 1.54) is 0 Å². The van der Waals surface area contributed by atoms with Crippen molar-refractivity contribution < 1.29 is 14.4 Å². The number of nitrogens with zero attached hydrogens (tertiary/aromatic N) is 1. The lowest BCUT2D eigenvalue weighted by molar-refractivity contribution is -0.137. The van der Waals surface area contributed by atoms with Gasteiger partial charge in [0.15, 0.2) is 0 Å². The van der Waals surface area contributed by atoms with Crippen molar-refractivity contribution in [3.63, 3.8) is 0 Å². The molecule has 0 radical (unpaired) electrons. The fourth-order valence-corrected chi connectivity index (χ4v) is 2.24. The molecule has 5 nitrogen and oxygen atoms in total. The first-order valence-electron chi connectivity index (χ1n) is 6.09. The Morgan fingerprint density at radius 1 is 1.47 bits per heavy atom. The van der Waals surface area contributed by atoms with Crippen LogP contribution in [0.5, 0.6) is 0 Å². The number of hydroxylamine groups is 1. The SMILES string of the molecule is CCONC(=O)C1CC(=O)N(c2ccc(Br)cc2)C1. The maximum atomic E-state index is 11.9. The molecule has 0 spiro atoms. The molecule has 1 N–H and O–H groups in total. The Morgan fingerprint density at radius 2 is 2.16 bits per heavy atom. The predicted octanol–water partition coefficient (Wildman–Crippen LogP) is 1.87. The summed E-state index contributed by atoms with van der Waals surface area (Å²) < 4.78 is 0.952. The highest BCUT2D eigenvalue weighted by Crippen LogP contribution is 2.26. The number of hydrogen-bond donors (Lipinski definition) is 1. The van der Waals surface area contributed by atoms with Crippen molar-refractivity contribution >= 4 is 33.4 Å². The van der Waals surface area contributed by atoms with Gasteiger partial charge in [0.05, 0.1) is 12.5 Å². The van der Waals surface area contributed by atoms with E-state index in [-0.39, 0.29) is 24.2 Å². The number of amides is 2. The standard InChI is InChI=1S/C13H15BrN2O3/c1-2-19-15-13(18)9-7-12(17)16(8-9)11-5-3-10(14)4-6-11/h3-6,9H,2,7-8H2,1H3,(H,15,18). The number of carbonyl (C=O) groups is 2. The molecule has 1 heterocycles. The number of carbonyl (C=O) groups excluding carboxylic acids is 2. The van der Waals surface area contributed by atoms with Crippen molar-refractivity contribution in [1.29, 1.82) is 0 Å². The van der Waals surface area contributed by atoms with Crippen LogP contribution < -0.4 is 10.4 Å². The van der Waals surface area contributed by atoms with Crippen LogP contribution in [0.15, 0.2) is 28.7 Å². The van der Waals surface area contributed by atoms with E-state index < -0.39 is 0 Å². The van der Waals surface area contributed by atoms with Gasteiger partial charge in [0, 0.05) is 23.1 Å². The zero-order valence-corrected chi connectivity index (χ0v) is 12.1. The summed E-state index contributed by atoms with van der Waals surface area (Å²) in [5.41, 5.74) is 3.16.